The Morgan fingerprint density at radius 3 is 2.50 bits per heavy atom. The first-order valence-corrected chi connectivity index (χ1v) is 6.76. The van der Waals surface area contributed by atoms with E-state index < -0.39 is 6.29 Å². The van der Waals surface area contributed by atoms with E-state index in [4.69, 9.17) is 13.9 Å². The van der Waals surface area contributed by atoms with Crippen molar-refractivity contribution in [1.29, 1.82) is 0 Å². The fourth-order valence-electron chi connectivity index (χ4n) is 2.32. The summed E-state index contributed by atoms with van der Waals surface area (Å²) in [4.78, 5) is 16.2. The van der Waals surface area contributed by atoms with Crippen LogP contribution in [0.3, 0.4) is 0 Å². The maximum absolute atomic E-state index is 11.9. The molecular formula is C17H15NO4. The summed E-state index contributed by atoms with van der Waals surface area (Å²) >= 11 is 0. The van der Waals surface area contributed by atoms with Gasteiger partial charge in [0.2, 0.25) is 6.29 Å². The first-order chi connectivity index (χ1) is 10.7. The molecule has 0 unspecified atom stereocenters. The molecule has 5 nitrogen and oxygen atoms in total. The fourth-order valence-corrected chi connectivity index (χ4v) is 2.32. The molecule has 3 aromatic rings. The van der Waals surface area contributed by atoms with Gasteiger partial charge in [-0.3, -0.25) is 9.78 Å². The third kappa shape index (κ3) is 2.64. The SMILES string of the molecule is COC(OC)c1ccc(-c2ccc3occc(=O)c3c2)cn1. The average Bonchev–Trinajstić information content (AvgIpc) is 2.57. The molecule has 5 heteroatoms. The molecule has 0 saturated heterocycles. The maximum atomic E-state index is 11.9. The Morgan fingerprint density at radius 2 is 1.82 bits per heavy atom. The molecule has 22 heavy (non-hydrogen) atoms. The van der Waals surface area contributed by atoms with E-state index >= 15 is 0 Å². The van der Waals surface area contributed by atoms with Gasteiger partial charge in [0.1, 0.15) is 5.58 Å². The zero-order valence-electron chi connectivity index (χ0n) is 12.3. The minimum Gasteiger partial charge on any atom is -0.464 e. The van der Waals surface area contributed by atoms with Crippen molar-refractivity contribution in [2.24, 2.45) is 0 Å². The lowest BCUT2D eigenvalue weighted by molar-refractivity contribution is -0.108. The predicted octanol–water partition coefficient (Wildman–Crippen LogP) is 3.15. The highest BCUT2D eigenvalue weighted by Gasteiger charge is 2.11. The van der Waals surface area contributed by atoms with E-state index in [-0.39, 0.29) is 5.43 Å². The molecule has 0 radical (unpaired) electrons. The Bertz CT molecular complexity index is 835. The van der Waals surface area contributed by atoms with Crippen LogP contribution in [0, 0.1) is 0 Å². The van der Waals surface area contributed by atoms with Crippen molar-refractivity contribution in [1.82, 2.24) is 4.98 Å². The lowest BCUT2D eigenvalue weighted by Crippen LogP contribution is -2.05. The van der Waals surface area contributed by atoms with Gasteiger partial charge in [-0.05, 0) is 23.8 Å². The normalized spacial score (nSPS) is 11.2. The molecule has 112 valence electrons. The highest BCUT2D eigenvalue weighted by molar-refractivity contribution is 5.82. The molecule has 0 aliphatic rings. The van der Waals surface area contributed by atoms with Gasteiger partial charge < -0.3 is 13.9 Å². The number of pyridine rings is 1. The smallest absolute Gasteiger partial charge is 0.200 e. The van der Waals surface area contributed by atoms with Gasteiger partial charge in [0.25, 0.3) is 0 Å². The van der Waals surface area contributed by atoms with E-state index in [1.165, 1.54) is 12.3 Å². The van der Waals surface area contributed by atoms with Gasteiger partial charge in [-0.25, -0.2) is 0 Å². The van der Waals surface area contributed by atoms with Crippen LogP contribution in [0.15, 0.2) is 58.1 Å². The van der Waals surface area contributed by atoms with Crippen LogP contribution in [0.2, 0.25) is 0 Å². The topological polar surface area (TPSA) is 61.6 Å². The first kappa shape index (κ1) is 14.4. The van der Waals surface area contributed by atoms with E-state index in [1.807, 2.05) is 24.3 Å². The Labute approximate surface area is 127 Å². The van der Waals surface area contributed by atoms with E-state index in [0.29, 0.717) is 16.7 Å². The molecule has 2 heterocycles. The van der Waals surface area contributed by atoms with E-state index in [9.17, 15) is 4.79 Å². The summed E-state index contributed by atoms with van der Waals surface area (Å²) in [6.07, 6.45) is 2.64. The number of aromatic nitrogens is 1. The summed E-state index contributed by atoms with van der Waals surface area (Å²) in [5.74, 6) is 0. The van der Waals surface area contributed by atoms with Crippen molar-refractivity contribution in [3.63, 3.8) is 0 Å². The molecule has 3 rings (SSSR count). The quantitative estimate of drug-likeness (QED) is 0.692. The van der Waals surface area contributed by atoms with Crippen molar-refractivity contribution in [3.05, 3.63) is 64.8 Å². The van der Waals surface area contributed by atoms with Gasteiger partial charge in [-0.1, -0.05) is 12.1 Å². The standard InChI is InChI=1S/C17H15NO4/c1-20-17(21-2)14-5-3-12(10-18-14)11-4-6-16-13(9-11)15(19)7-8-22-16/h3-10,17H,1-2H3. The molecule has 0 N–H and O–H groups in total. The average molecular weight is 297 g/mol. The molecular weight excluding hydrogens is 282 g/mol. The van der Waals surface area contributed by atoms with Crippen molar-refractivity contribution in [3.8, 4) is 11.1 Å². The van der Waals surface area contributed by atoms with Crippen molar-refractivity contribution >= 4 is 11.0 Å². The Kier molecular flexibility index (Phi) is 4.00. The van der Waals surface area contributed by atoms with Crippen LogP contribution in [-0.2, 0) is 9.47 Å². The van der Waals surface area contributed by atoms with E-state index in [1.54, 1.807) is 26.5 Å². The van der Waals surface area contributed by atoms with Crippen LogP contribution in [0.1, 0.15) is 12.0 Å². The number of ether oxygens (including phenoxy) is 2. The Morgan fingerprint density at radius 1 is 1.05 bits per heavy atom. The highest BCUT2D eigenvalue weighted by Crippen LogP contribution is 2.24. The largest absolute Gasteiger partial charge is 0.464 e. The first-order valence-electron chi connectivity index (χ1n) is 6.76. The second-order valence-electron chi connectivity index (χ2n) is 4.77. The Balaban J connectivity index is 2.01. The lowest BCUT2D eigenvalue weighted by atomic mass is 10.0. The summed E-state index contributed by atoms with van der Waals surface area (Å²) in [5, 5.41) is 0.552. The van der Waals surface area contributed by atoms with Crippen LogP contribution in [0.5, 0.6) is 0 Å². The Hall–Kier alpha value is -2.50. The number of rotatable bonds is 4. The minimum absolute atomic E-state index is 0.0634. The summed E-state index contributed by atoms with van der Waals surface area (Å²) in [5.41, 5.74) is 3.00. The number of hydrogen-bond acceptors (Lipinski definition) is 5. The highest BCUT2D eigenvalue weighted by atomic mass is 16.7. The van der Waals surface area contributed by atoms with Crippen LogP contribution in [0.25, 0.3) is 22.1 Å². The van der Waals surface area contributed by atoms with Crippen LogP contribution in [0.4, 0.5) is 0 Å². The lowest BCUT2D eigenvalue weighted by Gasteiger charge is -2.12. The van der Waals surface area contributed by atoms with Gasteiger partial charge in [-0.2, -0.15) is 0 Å². The van der Waals surface area contributed by atoms with Gasteiger partial charge in [0, 0.05) is 32.0 Å². The van der Waals surface area contributed by atoms with E-state index in [0.717, 1.165) is 11.1 Å². The molecule has 0 atom stereocenters. The molecule has 0 aliphatic carbocycles. The summed E-state index contributed by atoms with van der Waals surface area (Å²) in [7, 11) is 3.12. The van der Waals surface area contributed by atoms with Gasteiger partial charge in [0.15, 0.2) is 5.43 Å². The molecule has 0 saturated carbocycles. The third-order valence-electron chi connectivity index (χ3n) is 3.45. The fraction of sp³-hybridized carbons (Fsp3) is 0.176. The molecule has 0 aliphatic heterocycles. The monoisotopic (exact) mass is 297 g/mol. The van der Waals surface area contributed by atoms with Crippen molar-refractivity contribution in [2.45, 2.75) is 6.29 Å². The minimum atomic E-state index is -0.488. The molecule has 0 bridgehead atoms. The second kappa shape index (κ2) is 6.09. The predicted molar refractivity (Wildman–Crippen MR) is 82.5 cm³/mol. The van der Waals surface area contributed by atoms with E-state index in [2.05, 4.69) is 4.98 Å². The summed E-state index contributed by atoms with van der Waals surface area (Å²) < 4.78 is 15.6. The van der Waals surface area contributed by atoms with Crippen LogP contribution >= 0.6 is 0 Å². The summed E-state index contributed by atoms with van der Waals surface area (Å²) in [6.45, 7) is 0. The van der Waals surface area contributed by atoms with Crippen LogP contribution < -0.4 is 5.43 Å². The second-order valence-corrected chi connectivity index (χ2v) is 4.77. The van der Waals surface area contributed by atoms with Gasteiger partial charge >= 0.3 is 0 Å². The molecule has 2 aromatic heterocycles. The number of hydrogen-bond donors (Lipinski definition) is 0. The van der Waals surface area contributed by atoms with Crippen LogP contribution in [-0.4, -0.2) is 19.2 Å². The number of nitrogens with zero attached hydrogens (tertiary/aromatic N) is 1. The molecule has 0 fully saturated rings. The van der Waals surface area contributed by atoms with Gasteiger partial charge in [-0.15, -0.1) is 0 Å². The third-order valence-corrected chi connectivity index (χ3v) is 3.45. The number of fused-ring (bicyclic) bond motifs is 1. The van der Waals surface area contributed by atoms with Crippen molar-refractivity contribution < 1.29 is 13.9 Å². The summed E-state index contributed by atoms with van der Waals surface area (Å²) in [6, 6.07) is 10.7. The van der Waals surface area contributed by atoms with Gasteiger partial charge in [0.05, 0.1) is 17.3 Å². The van der Waals surface area contributed by atoms with Crippen molar-refractivity contribution in [2.75, 3.05) is 14.2 Å². The zero-order valence-corrected chi connectivity index (χ0v) is 12.3. The molecule has 0 amide bonds. The molecule has 1 aromatic carbocycles. The molecule has 0 spiro atoms. The number of benzene rings is 1. The zero-order chi connectivity index (χ0) is 15.5. The number of methoxy groups -OCH3 is 2. The maximum Gasteiger partial charge on any atom is 0.200 e.